The van der Waals surface area contributed by atoms with Crippen molar-refractivity contribution in [3.63, 3.8) is 0 Å². The standard InChI is InChI=1S/C19H25F2N3O2S/c1-4-22-19(23-10-13(2)15-7-8-27-12-15)24-11-14-5-6-16(25-3)17(9-14)26-18(20)21/h5-9,12-13,18H,4,10-11H2,1-3H3,(H2,22,23,24). The molecule has 0 saturated heterocycles. The summed E-state index contributed by atoms with van der Waals surface area (Å²) in [5, 5.41) is 10.7. The fourth-order valence-electron chi connectivity index (χ4n) is 2.44. The quantitative estimate of drug-likeness (QED) is 0.491. The van der Waals surface area contributed by atoms with Gasteiger partial charge in [-0.1, -0.05) is 13.0 Å². The van der Waals surface area contributed by atoms with Crippen LogP contribution in [-0.2, 0) is 6.54 Å². The highest BCUT2D eigenvalue weighted by Crippen LogP contribution is 2.29. The molecular weight excluding hydrogens is 372 g/mol. The average molecular weight is 397 g/mol. The van der Waals surface area contributed by atoms with Crippen molar-refractivity contribution in [3.05, 3.63) is 46.2 Å². The summed E-state index contributed by atoms with van der Waals surface area (Å²) < 4.78 is 34.7. The van der Waals surface area contributed by atoms with Crippen molar-refractivity contribution in [1.82, 2.24) is 10.6 Å². The summed E-state index contributed by atoms with van der Waals surface area (Å²) in [5.74, 6) is 1.29. The Labute approximate surface area is 162 Å². The number of guanidine groups is 1. The van der Waals surface area contributed by atoms with Crippen LogP contribution in [0.25, 0.3) is 0 Å². The molecule has 0 spiro atoms. The van der Waals surface area contributed by atoms with Crippen LogP contribution in [0.4, 0.5) is 8.78 Å². The number of nitrogens with zero attached hydrogens (tertiary/aromatic N) is 1. The van der Waals surface area contributed by atoms with Crippen LogP contribution in [0.2, 0.25) is 0 Å². The minimum absolute atomic E-state index is 0.00393. The van der Waals surface area contributed by atoms with Crippen molar-refractivity contribution in [2.45, 2.75) is 32.9 Å². The molecule has 0 aliphatic rings. The molecule has 0 radical (unpaired) electrons. The number of thiophene rings is 1. The molecule has 8 heteroatoms. The number of nitrogens with one attached hydrogen (secondary N) is 2. The SMILES string of the molecule is CCNC(=NCc1ccc(OC)c(OC(F)F)c1)NCC(C)c1ccsc1. The first-order chi connectivity index (χ1) is 13.0. The highest BCUT2D eigenvalue weighted by atomic mass is 32.1. The van der Waals surface area contributed by atoms with E-state index in [0.717, 1.165) is 18.7 Å². The van der Waals surface area contributed by atoms with Gasteiger partial charge in [0.05, 0.1) is 13.7 Å². The third-order valence-electron chi connectivity index (χ3n) is 3.90. The molecule has 0 aliphatic heterocycles. The molecule has 2 N–H and O–H groups in total. The van der Waals surface area contributed by atoms with Gasteiger partial charge in [-0.15, -0.1) is 0 Å². The highest BCUT2D eigenvalue weighted by Gasteiger charge is 2.11. The van der Waals surface area contributed by atoms with Gasteiger partial charge in [0, 0.05) is 13.1 Å². The molecule has 1 atom stereocenters. The van der Waals surface area contributed by atoms with E-state index >= 15 is 0 Å². The molecule has 2 aromatic rings. The van der Waals surface area contributed by atoms with Crippen molar-refractivity contribution >= 4 is 17.3 Å². The second kappa shape index (κ2) is 10.7. The van der Waals surface area contributed by atoms with Crippen LogP contribution in [0, 0.1) is 0 Å². The number of rotatable bonds is 9. The zero-order chi connectivity index (χ0) is 19.6. The minimum Gasteiger partial charge on any atom is -0.493 e. The normalized spacial score (nSPS) is 12.7. The first kappa shape index (κ1) is 21.0. The Morgan fingerprint density at radius 1 is 1.22 bits per heavy atom. The number of methoxy groups -OCH3 is 1. The van der Waals surface area contributed by atoms with Gasteiger partial charge >= 0.3 is 6.61 Å². The zero-order valence-electron chi connectivity index (χ0n) is 15.7. The van der Waals surface area contributed by atoms with Gasteiger partial charge in [-0.05, 0) is 52.9 Å². The lowest BCUT2D eigenvalue weighted by Gasteiger charge is -2.15. The largest absolute Gasteiger partial charge is 0.493 e. The van der Waals surface area contributed by atoms with Gasteiger partial charge in [0.15, 0.2) is 17.5 Å². The maximum absolute atomic E-state index is 12.6. The number of aliphatic imine (C=N–C) groups is 1. The van der Waals surface area contributed by atoms with E-state index in [0.29, 0.717) is 18.4 Å². The van der Waals surface area contributed by atoms with Crippen molar-refractivity contribution in [1.29, 1.82) is 0 Å². The summed E-state index contributed by atoms with van der Waals surface area (Å²) in [4.78, 5) is 4.53. The lowest BCUT2D eigenvalue weighted by molar-refractivity contribution is -0.0512. The first-order valence-electron chi connectivity index (χ1n) is 8.69. The van der Waals surface area contributed by atoms with Crippen LogP contribution in [0.15, 0.2) is 40.0 Å². The average Bonchev–Trinajstić information content (AvgIpc) is 3.18. The number of hydrogen-bond donors (Lipinski definition) is 2. The second-order valence-corrected chi connectivity index (χ2v) is 6.68. The molecule has 148 valence electrons. The molecule has 0 fully saturated rings. The number of hydrogen-bond acceptors (Lipinski definition) is 4. The van der Waals surface area contributed by atoms with Gasteiger partial charge in [0.1, 0.15) is 0 Å². The van der Waals surface area contributed by atoms with E-state index in [1.165, 1.54) is 18.7 Å². The first-order valence-corrected chi connectivity index (χ1v) is 9.63. The third kappa shape index (κ3) is 6.71. The van der Waals surface area contributed by atoms with E-state index in [1.807, 2.05) is 6.92 Å². The molecule has 2 rings (SSSR count). The summed E-state index contributed by atoms with van der Waals surface area (Å²) in [5.41, 5.74) is 2.03. The second-order valence-electron chi connectivity index (χ2n) is 5.90. The summed E-state index contributed by atoms with van der Waals surface area (Å²) in [6, 6.07) is 7.01. The number of halogens is 2. The Morgan fingerprint density at radius 2 is 2.04 bits per heavy atom. The van der Waals surface area contributed by atoms with Crippen molar-refractivity contribution < 1.29 is 18.3 Å². The number of alkyl halides is 2. The molecule has 0 saturated carbocycles. The van der Waals surface area contributed by atoms with Crippen molar-refractivity contribution in [2.24, 2.45) is 4.99 Å². The molecule has 5 nitrogen and oxygen atoms in total. The van der Waals surface area contributed by atoms with E-state index in [4.69, 9.17) is 4.74 Å². The van der Waals surface area contributed by atoms with Gasteiger partial charge in [-0.3, -0.25) is 0 Å². The van der Waals surface area contributed by atoms with Crippen LogP contribution in [-0.4, -0.2) is 32.8 Å². The molecular formula is C19H25F2N3O2S. The van der Waals surface area contributed by atoms with Gasteiger partial charge in [0.2, 0.25) is 0 Å². The van der Waals surface area contributed by atoms with Gasteiger partial charge in [-0.25, -0.2) is 4.99 Å². The molecule has 27 heavy (non-hydrogen) atoms. The lowest BCUT2D eigenvalue weighted by atomic mass is 10.1. The van der Waals surface area contributed by atoms with Crippen LogP contribution in [0.3, 0.4) is 0 Å². The molecule has 0 bridgehead atoms. The van der Waals surface area contributed by atoms with E-state index in [9.17, 15) is 8.78 Å². The highest BCUT2D eigenvalue weighted by molar-refractivity contribution is 7.07. The van der Waals surface area contributed by atoms with Crippen LogP contribution in [0.1, 0.15) is 30.9 Å². The topological polar surface area (TPSA) is 54.9 Å². The Balaban J connectivity index is 2.02. The smallest absolute Gasteiger partial charge is 0.387 e. The van der Waals surface area contributed by atoms with Gasteiger partial charge in [0.25, 0.3) is 0 Å². The zero-order valence-corrected chi connectivity index (χ0v) is 16.5. The van der Waals surface area contributed by atoms with E-state index in [-0.39, 0.29) is 11.5 Å². The Hall–Kier alpha value is -2.35. The van der Waals surface area contributed by atoms with E-state index in [2.05, 4.69) is 44.1 Å². The fourth-order valence-corrected chi connectivity index (χ4v) is 3.22. The summed E-state index contributed by atoms with van der Waals surface area (Å²) >= 11 is 1.68. The van der Waals surface area contributed by atoms with Crippen LogP contribution >= 0.6 is 11.3 Å². The Morgan fingerprint density at radius 3 is 2.67 bits per heavy atom. The van der Waals surface area contributed by atoms with E-state index < -0.39 is 6.61 Å². The summed E-state index contributed by atoms with van der Waals surface area (Å²) in [6.07, 6.45) is 0. The van der Waals surface area contributed by atoms with Crippen LogP contribution in [0.5, 0.6) is 11.5 Å². The van der Waals surface area contributed by atoms with Gasteiger partial charge in [-0.2, -0.15) is 20.1 Å². The van der Waals surface area contributed by atoms with E-state index in [1.54, 1.807) is 23.5 Å². The maximum Gasteiger partial charge on any atom is 0.387 e. The minimum atomic E-state index is -2.91. The van der Waals surface area contributed by atoms with Crippen LogP contribution < -0.4 is 20.1 Å². The van der Waals surface area contributed by atoms with Gasteiger partial charge < -0.3 is 20.1 Å². The predicted octanol–water partition coefficient (Wildman–Crippen LogP) is 4.22. The number of ether oxygens (including phenoxy) is 2. The third-order valence-corrected chi connectivity index (χ3v) is 4.60. The lowest BCUT2D eigenvalue weighted by Crippen LogP contribution is -2.39. The molecule has 1 aromatic heterocycles. The maximum atomic E-state index is 12.6. The molecule has 0 aliphatic carbocycles. The molecule has 0 amide bonds. The molecule has 1 aromatic carbocycles. The number of benzene rings is 1. The summed E-state index contributed by atoms with van der Waals surface area (Å²) in [7, 11) is 1.41. The monoisotopic (exact) mass is 397 g/mol. The fraction of sp³-hybridized carbons (Fsp3) is 0.421. The Bertz CT molecular complexity index is 724. The molecule has 1 unspecified atom stereocenters. The molecule has 1 heterocycles. The van der Waals surface area contributed by atoms with Crippen molar-refractivity contribution in [2.75, 3.05) is 20.2 Å². The van der Waals surface area contributed by atoms with Crippen molar-refractivity contribution in [3.8, 4) is 11.5 Å². The summed E-state index contributed by atoms with van der Waals surface area (Å²) in [6.45, 7) is 3.02. The predicted molar refractivity (Wildman–Crippen MR) is 105 cm³/mol. The Kier molecular flexibility index (Phi) is 8.32.